The number of likely N-dealkylation sites (tertiary alicyclic amines) is 1. The van der Waals surface area contributed by atoms with Crippen molar-refractivity contribution in [3.63, 3.8) is 0 Å². The van der Waals surface area contributed by atoms with Crippen molar-refractivity contribution in [3.8, 4) is 0 Å². The molecule has 9 heteroatoms. The van der Waals surface area contributed by atoms with E-state index in [0.29, 0.717) is 13.0 Å². The van der Waals surface area contributed by atoms with Crippen LogP contribution in [0.15, 0.2) is 12.7 Å². The van der Waals surface area contributed by atoms with E-state index in [9.17, 15) is 19.5 Å². The standard InChI is InChI=1S/C24H42N2O7/c1-10-24(30,11-2)21(25-16(5)28)20-18(14-32-17(6)31-12-3)13-19(15(4)27)26(20)22(29)33-23(7,8)9/h10,17-21,30H,1,11-14H2,2-9H3,(H,25,28). The van der Waals surface area contributed by atoms with E-state index in [1.807, 2.05) is 6.92 Å². The Morgan fingerprint density at radius 1 is 1.21 bits per heavy atom. The maximum atomic E-state index is 13.3. The minimum atomic E-state index is -1.54. The van der Waals surface area contributed by atoms with Gasteiger partial charge in [-0.3, -0.25) is 14.5 Å². The number of amides is 2. The molecule has 0 aliphatic carbocycles. The maximum Gasteiger partial charge on any atom is 0.411 e. The summed E-state index contributed by atoms with van der Waals surface area (Å²) in [7, 11) is 0. The van der Waals surface area contributed by atoms with Gasteiger partial charge in [0.2, 0.25) is 5.91 Å². The summed E-state index contributed by atoms with van der Waals surface area (Å²) in [5.74, 6) is -0.984. The van der Waals surface area contributed by atoms with E-state index in [0.717, 1.165) is 0 Å². The van der Waals surface area contributed by atoms with Crippen molar-refractivity contribution in [2.45, 2.75) is 104 Å². The molecule has 0 aromatic rings. The number of aliphatic hydroxyl groups is 1. The van der Waals surface area contributed by atoms with Crippen LogP contribution in [0, 0.1) is 5.92 Å². The molecule has 0 saturated carbocycles. The largest absolute Gasteiger partial charge is 0.444 e. The molecule has 2 amide bonds. The van der Waals surface area contributed by atoms with E-state index in [1.54, 1.807) is 34.6 Å². The Kier molecular flexibility index (Phi) is 10.5. The van der Waals surface area contributed by atoms with Crippen LogP contribution in [-0.2, 0) is 23.8 Å². The molecule has 190 valence electrons. The van der Waals surface area contributed by atoms with Gasteiger partial charge in [0.15, 0.2) is 12.1 Å². The number of Topliss-reactive ketones (excluding diaryl/α,β-unsaturated/α-hetero) is 1. The van der Waals surface area contributed by atoms with Crippen LogP contribution in [0.2, 0.25) is 0 Å². The highest BCUT2D eigenvalue weighted by Gasteiger charge is 2.54. The molecule has 1 saturated heterocycles. The van der Waals surface area contributed by atoms with Crippen LogP contribution >= 0.6 is 0 Å². The molecular formula is C24H42N2O7. The third-order valence-corrected chi connectivity index (χ3v) is 5.84. The number of ether oxygens (including phenoxy) is 3. The Morgan fingerprint density at radius 2 is 1.82 bits per heavy atom. The van der Waals surface area contributed by atoms with E-state index in [1.165, 1.54) is 24.8 Å². The topological polar surface area (TPSA) is 114 Å². The molecule has 6 atom stereocenters. The van der Waals surface area contributed by atoms with Gasteiger partial charge in [-0.25, -0.2) is 4.79 Å². The predicted octanol–water partition coefficient (Wildman–Crippen LogP) is 2.80. The highest BCUT2D eigenvalue weighted by atomic mass is 16.7. The minimum absolute atomic E-state index is 0.155. The van der Waals surface area contributed by atoms with Gasteiger partial charge < -0.3 is 24.6 Å². The second-order valence-electron chi connectivity index (χ2n) is 9.58. The van der Waals surface area contributed by atoms with Crippen molar-refractivity contribution < 1.29 is 33.7 Å². The number of carbonyl (C=O) groups excluding carboxylic acids is 3. The lowest BCUT2D eigenvalue weighted by Crippen LogP contribution is -2.64. The number of ketones is 1. The third kappa shape index (κ3) is 7.79. The summed E-state index contributed by atoms with van der Waals surface area (Å²) < 4.78 is 16.9. The predicted molar refractivity (Wildman–Crippen MR) is 125 cm³/mol. The number of hydrogen-bond donors (Lipinski definition) is 2. The third-order valence-electron chi connectivity index (χ3n) is 5.84. The van der Waals surface area contributed by atoms with Crippen LogP contribution in [0.1, 0.15) is 68.2 Å². The number of nitrogens with one attached hydrogen (secondary N) is 1. The zero-order chi connectivity index (χ0) is 25.6. The van der Waals surface area contributed by atoms with Gasteiger partial charge in [0.1, 0.15) is 11.2 Å². The summed E-state index contributed by atoms with van der Waals surface area (Å²) >= 11 is 0. The molecular weight excluding hydrogens is 428 g/mol. The molecule has 33 heavy (non-hydrogen) atoms. The lowest BCUT2D eigenvalue weighted by atomic mass is 9.81. The number of nitrogens with zero attached hydrogens (tertiary/aromatic N) is 1. The van der Waals surface area contributed by atoms with Crippen LogP contribution in [-0.4, -0.2) is 76.6 Å². The van der Waals surface area contributed by atoms with Crippen molar-refractivity contribution in [3.05, 3.63) is 12.7 Å². The number of hydrogen-bond acceptors (Lipinski definition) is 7. The van der Waals surface area contributed by atoms with Crippen LogP contribution in [0.4, 0.5) is 4.79 Å². The van der Waals surface area contributed by atoms with Crippen LogP contribution in [0.25, 0.3) is 0 Å². The average Bonchev–Trinajstić information content (AvgIpc) is 3.08. The second kappa shape index (κ2) is 11.9. The van der Waals surface area contributed by atoms with Crippen molar-refractivity contribution in [2.24, 2.45) is 5.92 Å². The molecule has 1 fully saturated rings. The summed E-state index contributed by atoms with van der Waals surface area (Å²) in [4.78, 5) is 39.5. The van der Waals surface area contributed by atoms with Crippen LogP contribution < -0.4 is 5.32 Å². The first-order chi connectivity index (χ1) is 15.2. The lowest BCUT2D eigenvalue weighted by molar-refractivity contribution is -0.140. The Hall–Kier alpha value is -1.97. The van der Waals surface area contributed by atoms with Gasteiger partial charge in [-0.2, -0.15) is 0 Å². The first-order valence-electron chi connectivity index (χ1n) is 11.6. The average molecular weight is 471 g/mol. The zero-order valence-corrected chi connectivity index (χ0v) is 21.3. The fraction of sp³-hybridized carbons (Fsp3) is 0.792. The quantitative estimate of drug-likeness (QED) is 0.352. The summed E-state index contributed by atoms with van der Waals surface area (Å²) in [6.45, 7) is 17.7. The maximum absolute atomic E-state index is 13.3. The molecule has 0 aromatic carbocycles. The Balaban J connectivity index is 3.56. The smallest absolute Gasteiger partial charge is 0.411 e. The van der Waals surface area contributed by atoms with E-state index in [-0.39, 0.29) is 30.6 Å². The van der Waals surface area contributed by atoms with Gasteiger partial charge in [0.25, 0.3) is 0 Å². The Morgan fingerprint density at radius 3 is 2.24 bits per heavy atom. The molecule has 0 bridgehead atoms. The molecule has 6 unspecified atom stereocenters. The number of carbonyl (C=O) groups is 3. The molecule has 1 aliphatic heterocycles. The van der Waals surface area contributed by atoms with Crippen LogP contribution in [0.5, 0.6) is 0 Å². The lowest BCUT2D eigenvalue weighted by Gasteiger charge is -2.43. The highest BCUT2D eigenvalue weighted by molar-refractivity contribution is 5.86. The van der Waals surface area contributed by atoms with Gasteiger partial charge in [0.05, 0.1) is 24.7 Å². The Labute approximate surface area is 197 Å². The molecule has 0 radical (unpaired) electrons. The first-order valence-corrected chi connectivity index (χ1v) is 11.6. The highest BCUT2D eigenvalue weighted by Crippen LogP contribution is 2.38. The van der Waals surface area contributed by atoms with Gasteiger partial charge >= 0.3 is 6.09 Å². The van der Waals surface area contributed by atoms with E-state index < -0.39 is 41.7 Å². The van der Waals surface area contributed by atoms with Crippen molar-refractivity contribution in [1.29, 1.82) is 0 Å². The van der Waals surface area contributed by atoms with Crippen molar-refractivity contribution >= 4 is 17.8 Å². The monoisotopic (exact) mass is 470 g/mol. The number of rotatable bonds is 11. The normalized spacial score (nSPS) is 24.5. The van der Waals surface area contributed by atoms with Gasteiger partial charge in [0, 0.05) is 19.4 Å². The fourth-order valence-electron chi connectivity index (χ4n) is 4.26. The SMILES string of the molecule is C=CC(O)(CC)C(NC(C)=O)C1C(COC(C)OCC)CC(C(C)=O)N1C(=O)OC(C)(C)C. The molecule has 2 N–H and O–H groups in total. The molecule has 1 heterocycles. The molecule has 1 rings (SSSR count). The summed E-state index contributed by atoms with van der Waals surface area (Å²) in [5.41, 5.74) is -2.34. The summed E-state index contributed by atoms with van der Waals surface area (Å²) in [6.07, 6.45) is 0.707. The fourth-order valence-corrected chi connectivity index (χ4v) is 4.26. The van der Waals surface area contributed by atoms with Gasteiger partial charge in [-0.15, -0.1) is 6.58 Å². The Bertz CT molecular complexity index is 705. The van der Waals surface area contributed by atoms with Gasteiger partial charge in [-0.05, 0) is 54.4 Å². The molecule has 0 aromatic heterocycles. The molecule has 9 nitrogen and oxygen atoms in total. The van der Waals surface area contributed by atoms with Gasteiger partial charge in [-0.1, -0.05) is 13.0 Å². The molecule has 1 aliphatic rings. The first kappa shape index (κ1) is 29.1. The van der Waals surface area contributed by atoms with E-state index in [4.69, 9.17) is 14.2 Å². The van der Waals surface area contributed by atoms with E-state index in [2.05, 4.69) is 11.9 Å². The van der Waals surface area contributed by atoms with Crippen LogP contribution in [0.3, 0.4) is 0 Å². The van der Waals surface area contributed by atoms with E-state index >= 15 is 0 Å². The zero-order valence-electron chi connectivity index (χ0n) is 21.3. The van der Waals surface area contributed by atoms with Crippen molar-refractivity contribution in [2.75, 3.05) is 13.2 Å². The second-order valence-corrected chi connectivity index (χ2v) is 9.58. The minimum Gasteiger partial charge on any atom is -0.444 e. The summed E-state index contributed by atoms with van der Waals surface area (Å²) in [6, 6.07) is -2.51. The summed E-state index contributed by atoms with van der Waals surface area (Å²) in [5, 5.41) is 14.2. The molecule has 0 spiro atoms. The van der Waals surface area contributed by atoms with Crippen molar-refractivity contribution in [1.82, 2.24) is 10.2 Å².